The third-order valence-electron chi connectivity index (χ3n) is 2.78. The van der Waals surface area contributed by atoms with E-state index >= 15 is 0 Å². The molecule has 16 heavy (non-hydrogen) atoms. The Balaban J connectivity index is 2.58. The average molecular weight is 227 g/mol. The number of nitrogens with two attached hydrogens (primary N) is 1. The van der Waals surface area contributed by atoms with Crippen LogP contribution < -0.4 is 11.1 Å². The van der Waals surface area contributed by atoms with E-state index in [1.807, 2.05) is 0 Å². The molecule has 1 saturated heterocycles. The van der Waals surface area contributed by atoms with E-state index in [-0.39, 0.29) is 24.2 Å². The van der Waals surface area contributed by atoms with E-state index in [0.29, 0.717) is 13.0 Å². The molecule has 0 aromatic heterocycles. The van der Waals surface area contributed by atoms with E-state index in [9.17, 15) is 14.4 Å². The minimum atomic E-state index is -0.442. The number of carbonyl (C=O) groups is 3. The zero-order chi connectivity index (χ0) is 12.3. The summed E-state index contributed by atoms with van der Waals surface area (Å²) in [7, 11) is 1.76. The molecule has 6 nitrogen and oxygen atoms in total. The molecule has 0 aromatic carbocycles. The second-order valence-corrected chi connectivity index (χ2v) is 4.13. The van der Waals surface area contributed by atoms with Crippen molar-refractivity contribution >= 4 is 17.6 Å². The van der Waals surface area contributed by atoms with Crippen molar-refractivity contribution in [2.75, 3.05) is 13.6 Å². The Morgan fingerprint density at radius 3 is 2.62 bits per heavy atom. The van der Waals surface area contributed by atoms with Crippen LogP contribution in [0.1, 0.15) is 19.8 Å². The number of piperazine rings is 1. The number of likely N-dealkylation sites (N-methyl/N-ethyl adjacent to an activating group) is 1. The van der Waals surface area contributed by atoms with Gasteiger partial charge < -0.3 is 11.1 Å². The molecule has 0 aliphatic carbocycles. The van der Waals surface area contributed by atoms with E-state index in [2.05, 4.69) is 5.32 Å². The molecule has 0 bridgehead atoms. The van der Waals surface area contributed by atoms with Crippen molar-refractivity contribution in [1.29, 1.82) is 0 Å². The smallest absolute Gasteiger partial charge is 0.237 e. The van der Waals surface area contributed by atoms with Crippen LogP contribution in [0.3, 0.4) is 0 Å². The van der Waals surface area contributed by atoms with Gasteiger partial charge in [-0.2, -0.15) is 0 Å². The van der Waals surface area contributed by atoms with Gasteiger partial charge in [-0.15, -0.1) is 0 Å². The quantitative estimate of drug-likeness (QED) is 0.620. The summed E-state index contributed by atoms with van der Waals surface area (Å²) in [5, 5.41) is 2.64. The van der Waals surface area contributed by atoms with Crippen LogP contribution in [0, 0.1) is 0 Å². The summed E-state index contributed by atoms with van der Waals surface area (Å²) in [5.74, 6) is -0.696. The lowest BCUT2D eigenvalue weighted by Gasteiger charge is -2.35. The second-order valence-electron chi connectivity index (χ2n) is 4.13. The van der Waals surface area contributed by atoms with Crippen molar-refractivity contribution in [2.45, 2.75) is 31.8 Å². The molecular formula is C10H17N3O3. The molecule has 2 amide bonds. The zero-order valence-electron chi connectivity index (χ0n) is 9.53. The highest BCUT2D eigenvalue weighted by atomic mass is 16.2. The summed E-state index contributed by atoms with van der Waals surface area (Å²) >= 11 is 0. The Hall–Kier alpha value is -1.43. The maximum absolute atomic E-state index is 11.7. The van der Waals surface area contributed by atoms with Crippen molar-refractivity contribution in [2.24, 2.45) is 5.73 Å². The standard InChI is InChI=1S/C10H17N3O3/c1-6(14)7-5-13(2)8(10(16)12-7)3-4-9(11)15/h7-8H,3-5H2,1-2H3,(H2,11,15)(H,12,16)/t7-,8+/m1/s1. The monoisotopic (exact) mass is 227 g/mol. The largest absolute Gasteiger partial charge is 0.370 e. The van der Waals surface area contributed by atoms with E-state index in [1.54, 1.807) is 11.9 Å². The first kappa shape index (κ1) is 12.6. The number of rotatable bonds is 4. The van der Waals surface area contributed by atoms with Gasteiger partial charge in [0.2, 0.25) is 11.8 Å². The van der Waals surface area contributed by atoms with Crippen LogP contribution in [-0.4, -0.2) is 48.2 Å². The molecule has 1 heterocycles. The van der Waals surface area contributed by atoms with Gasteiger partial charge in [0.15, 0.2) is 5.78 Å². The summed E-state index contributed by atoms with van der Waals surface area (Å²) in [5.41, 5.74) is 5.03. The van der Waals surface area contributed by atoms with Crippen LogP contribution in [-0.2, 0) is 14.4 Å². The van der Waals surface area contributed by atoms with Gasteiger partial charge in [-0.1, -0.05) is 0 Å². The fraction of sp³-hybridized carbons (Fsp3) is 0.700. The molecule has 3 N–H and O–H groups in total. The number of amides is 2. The molecule has 90 valence electrons. The third-order valence-corrected chi connectivity index (χ3v) is 2.78. The number of hydrogen-bond acceptors (Lipinski definition) is 4. The van der Waals surface area contributed by atoms with Gasteiger partial charge in [0, 0.05) is 13.0 Å². The number of primary amides is 1. The number of hydrogen-bond donors (Lipinski definition) is 2. The summed E-state index contributed by atoms with van der Waals surface area (Å²) in [6.07, 6.45) is 0.565. The SMILES string of the molecule is CC(=O)[C@H]1CN(C)[C@@H](CCC(N)=O)C(=O)N1. The van der Waals surface area contributed by atoms with Crippen molar-refractivity contribution in [3.63, 3.8) is 0 Å². The average Bonchev–Trinajstić information content (AvgIpc) is 2.15. The number of Topliss-reactive ketones (excluding diaryl/α,β-unsaturated/α-hetero) is 1. The minimum Gasteiger partial charge on any atom is -0.370 e. The van der Waals surface area contributed by atoms with E-state index in [0.717, 1.165) is 0 Å². The molecule has 1 rings (SSSR count). The fourth-order valence-corrected chi connectivity index (χ4v) is 1.79. The minimum absolute atomic E-state index is 0.0615. The van der Waals surface area contributed by atoms with Gasteiger partial charge >= 0.3 is 0 Å². The lowest BCUT2D eigenvalue weighted by atomic mass is 10.0. The Bertz CT molecular complexity index is 316. The third kappa shape index (κ3) is 3.03. The van der Waals surface area contributed by atoms with Crippen LogP contribution in [0.4, 0.5) is 0 Å². The maximum Gasteiger partial charge on any atom is 0.237 e. The number of nitrogens with one attached hydrogen (secondary N) is 1. The second kappa shape index (κ2) is 5.07. The predicted octanol–water partition coefficient (Wildman–Crippen LogP) is -1.36. The Morgan fingerprint density at radius 2 is 2.19 bits per heavy atom. The topological polar surface area (TPSA) is 92.5 Å². The normalized spacial score (nSPS) is 26.2. The van der Waals surface area contributed by atoms with Gasteiger partial charge in [0.05, 0.1) is 12.1 Å². The lowest BCUT2D eigenvalue weighted by molar-refractivity contribution is -0.135. The lowest BCUT2D eigenvalue weighted by Crippen LogP contribution is -2.60. The molecule has 0 aromatic rings. The molecule has 0 spiro atoms. The van der Waals surface area contributed by atoms with Crippen LogP contribution in [0.5, 0.6) is 0 Å². The van der Waals surface area contributed by atoms with Crippen LogP contribution in [0.2, 0.25) is 0 Å². The van der Waals surface area contributed by atoms with Gasteiger partial charge in [-0.3, -0.25) is 19.3 Å². The van der Waals surface area contributed by atoms with Crippen LogP contribution in [0.15, 0.2) is 0 Å². The van der Waals surface area contributed by atoms with Crippen molar-refractivity contribution in [3.05, 3.63) is 0 Å². The van der Waals surface area contributed by atoms with Gasteiger partial charge in [-0.25, -0.2) is 0 Å². The fourth-order valence-electron chi connectivity index (χ4n) is 1.79. The highest BCUT2D eigenvalue weighted by Gasteiger charge is 2.33. The molecule has 0 unspecified atom stereocenters. The summed E-state index contributed by atoms with van der Waals surface area (Å²) in [6.45, 7) is 1.92. The van der Waals surface area contributed by atoms with Gasteiger partial charge in [-0.05, 0) is 20.4 Å². The Kier molecular flexibility index (Phi) is 4.00. The molecule has 6 heteroatoms. The summed E-state index contributed by atoms with van der Waals surface area (Å²) < 4.78 is 0. The van der Waals surface area contributed by atoms with Crippen molar-refractivity contribution in [3.8, 4) is 0 Å². The number of nitrogens with zero attached hydrogens (tertiary/aromatic N) is 1. The van der Waals surface area contributed by atoms with Crippen LogP contribution in [0.25, 0.3) is 0 Å². The molecular weight excluding hydrogens is 210 g/mol. The molecule has 0 saturated carbocycles. The molecule has 1 aliphatic rings. The molecule has 0 radical (unpaired) electrons. The van der Waals surface area contributed by atoms with Gasteiger partial charge in [0.1, 0.15) is 0 Å². The maximum atomic E-state index is 11.7. The highest BCUT2D eigenvalue weighted by Crippen LogP contribution is 2.11. The van der Waals surface area contributed by atoms with Crippen LogP contribution >= 0.6 is 0 Å². The molecule has 2 atom stereocenters. The van der Waals surface area contributed by atoms with E-state index in [1.165, 1.54) is 6.92 Å². The van der Waals surface area contributed by atoms with Gasteiger partial charge in [0.25, 0.3) is 0 Å². The first-order chi connectivity index (χ1) is 7.41. The summed E-state index contributed by atoms with van der Waals surface area (Å²) in [4.78, 5) is 35.3. The van der Waals surface area contributed by atoms with Crippen molar-refractivity contribution < 1.29 is 14.4 Å². The molecule has 1 aliphatic heterocycles. The number of carbonyl (C=O) groups excluding carboxylic acids is 3. The Morgan fingerprint density at radius 1 is 1.56 bits per heavy atom. The van der Waals surface area contributed by atoms with E-state index in [4.69, 9.17) is 5.73 Å². The first-order valence-electron chi connectivity index (χ1n) is 5.21. The predicted molar refractivity (Wildman–Crippen MR) is 57.5 cm³/mol. The molecule has 1 fully saturated rings. The van der Waals surface area contributed by atoms with Crippen molar-refractivity contribution in [1.82, 2.24) is 10.2 Å². The Labute approximate surface area is 94.2 Å². The van der Waals surface area contributed by atoms with E-state index < -0.39 is 11.9 Å². The first-order valence-corrected chi connectivity index (χ1v) is 5.21. The zero-order valence-corrected chi connectivity index (χ0v) is 9.53. The summed E-state index contributed by atoms with van der Waals surface area (Å²) in [6, 6.07) is -0.814. The number of ketones is 1. The highest BCUT2D eigenvalue weighted by molar-refractivity contribution is 5.91.